The van der Waals surface area contributed by atoms with Crippen molar-refractivity contribution in [2.75, 3.05) is 13.1 Å². The van der Waals surface area contributed by atoms with E-state index in [-0.39, 0.29) is 33.3 Å². The van der Waals surface area contributed by atoms with Gasteiger partial charge >= 0.3 is 0 Å². The number of halogens is 3. The van der Waals surface area contributed by atoms with Crippen molar-refractivity contribution in [2.24, 2.45) is 5.92 Å². The van der Waals surface area contributed by atoms with Gasteiger partial charge in [0, 0.05) is 19.0 Å². The molecule has 0 spiro atoms. The van der Waals surface area contributed by atoms with Gasteiger partial charge in [-0.3, -0.25) is 15.6 Å². The summed E-state index contributed by atoms with van der Waals surface area (Å²) < 4.78 is 13.5. The quantitative estimate of drug-likeness (QED) is 0.415. The van der Waals surface area contributed by atoms with E-state index in [0.29, 0.717) is 18.9 Å². The molecule has 1 aliphatic heterocycles. The Morgan fingerprint density at radius 3 is 2.48 bits per heavy atom. The van der Waals surface area contributed by atoms with Crippen molar-refractivity contribution in [3.8, 4) is 0 Å². The number of piperazine rings is 1. The minimum Gasteiger partial charge on any atom is -0.327 e. The van der Waals surface area contributed by atoms with Crippen LogP contribution in [0.2, 0.25) is 10.0 Å². The van der Waals surface area contributed by atoms with Crippen molar-refractivity contribution in [1.29, 1.82) is 10.8 Å². The lowest BCUT2D eigenvalue weighted by Gasteiger charge is -2.43. The number of rotatable bonds is 2. The standard InChI is InChI=1S/C19H23Cl2FN4O/c1-11-17(23)26(18(24)12-5-3-2-4-6-12)10-9-25(11)19(27)13-7-8-14(22)16(21)15(13)20/h7-8,11-12,23-24H,2-6,9-10H2,1H3. The molecule has 1 aromatic rings. The van der Waals surface area contributed by atoms with Gasteiger partial charge in [-0.15, -0.1) is 0 Å². The molecule has 0 radical (unpaired) electrons. The van der Waals surface area contributed by atoms with Gasteiger partial charge < -0.3 is 9.80 Å². The number of carbonyl (C=O) groups is 1. The molecule has 2 aliphatic rings. The SMILES string of the molecule is CC1C(=N)N(C(=N)C2CCCCC2)CCN1C(=O)c1ccc(F)c(Cl)c1Cl. The Morgan fingerprint density at radius 2 is 1.81 bits per heavy atom. The minimum absolute atomic E-state index is 0.113. The largest absolute Gasteiger partial charge is 0.327 e. The van der Waals surface area contributed by atoms with Crippen LogP contribution in [0, 0.1) is 22.6 Å². The van der Waals surface area contributed by atoms with Crippen LogP contribution in [-0.2, 0) is 0 Å². The molecule has 1 atom stereocenters. The number of benzene rings is 1. The Balaban J connectivity index is 1.75. The van der Waals surface area contributed by atoms with Gasteiger partial charge in [0.2, 0.25) is 0 Å². The first-order chi connectivity index (χ1) is 12.8. The summed E-state index contributed by atoms with van der Waals surface area (Å²) in [5.74, 6) is -0.150. The van der Waals surface area contributed by atoms with E-state index in [1.165, 1.54) is 17.4 Å². The highest BCUT2D eigenvalue weighted by Gasteiger charge is 2.36. The summed E-state index contributed by atoms with van der Waals surface area (Å²) in [5, 5.41) is 16.6. The second-order valence-corrected chi connectivity index (χ2v) is 7.91. The Bertz CT molecular complexity index is 779. The Morgan fingerprint density at radius 1 is 1.15 bits per heavy atom. The number of hydrogen-bond acceptors (Lipinski definition) is 3. The van der Waals surface area contributed by atoms with Crippen molar-refractivity contribution in [3.63, 3.8) is 0 Å². The topological polar surface area (TPSA) is 71.2 Å². The van der Waals surface area contributed by atoms with Crippen LogP contribution >= 0.6 is 23.2 Å². The number of nitrogens with one attached hydrogen (secondary N) is 2. The molecule has 2 N–H and O–H groups in total. The van der Waals surface area contributed by atoms with Gasteiger partial charge in [0.05, 0.1) is 21.7 Å². The van der Waals surface area contributed by atoms with Crippen LogP contribution in [0.3, 0.4) is 0 Å². The average Bonchev–Trinajstić information content (AvgIpc) is 2.68. The van der Waals surface area contributed by atoms with Crippen LogP contribution in [-0.4, -0.2) is 46.5 Å². The zero-order valence-electron chi connectivity index (χ0n) is 15.2. The van der Waals surface area contributed by atoms with E-state index in [1.807, 2.05) is 0 Å². The van der Waals surface area contributed by atoms with Gasteiger partial charge in [-0.2, -0.15) is 0 Å². The molecule has 0 bridgehead atoms. The lowest BCUT2D eigenvalue weighted by Crippen LogP contribution is -2.59. The van der Waals surface area contributed by atoms with E-state index in [9.17, 15) is 9.18 Å². The molecule has 1 aromatic carbocycles. The summed E-state index contributed by atoms with van der Waals surface area (Å²) >= 11 is 11.9. The first kappa shape index (κ1) is 20.1. The number of nitrogens with zero attached hydrogens (tertiary/aromatic N) is 2. The van der Waals surface area contributed by atoms with Crippen molar-refractivity contribution < 1.29 is 9.18 Å². The molecule has 1 amide bonds. The minimum atomic E-state index is -0.676. The summed E-state index contributed by atoms with van der Waals surface area (Å²) in [4.78, 5) is 16.2. The fraction of sp³-hybridized carbons (Fsp3) is 0.526. The van der Waals surface area contributed by atoms with Crippen molar-refractivity contribution in [1.82, 2.24) is 9.80 Å². The molecule has 5 nitrogen and oxygen atoms in total. The third-order valence-corrected chi connectivity index (χ3v) is 6.39. The third-order valence-electron chi connectivity index (χ3n) is 5.53. The summed E-state index contributed by atoms with van der Waals surface area (Å²) in [5.41, 5.74) is 0.124. The fourth-order valence-corrected chi connectivity index (χ4v) is 4.26. The van der Waals surface area contributed by atoms with Gasteiger partial charge in [-0.1, -0.05) is 42.5 Å². The molecule has 146 valence electrons. The van der Waals surface area contributed by atoms with Crippen molar-refractivity contribution >= 4 is 40.8 Å². The molecule has 0 aromatic heterocycles. The third kappa shape index (κ3) is 3.83. The highest BCUT2D eigenvalue weighted by atomic mass is 35.5. The fourth-order valence-electron chi connectivity index (χ4n) is 3.86. The maximum atomic E-state index is 13.5. The normalized spacial score (nSPS) is 21.5. The highest BCUT2D eigenvalue weighted by Crippen LogP contribution is 2.31. The molecule has 1 unspecified atom stereocenters. The lowest BCUT2D eigenvalue weighted by atomic mass is 9.87. The number of hydrogen-bond donors (Lipinski definition) is 2. The van der Waals surface area contributed by atoms with Gasteiger partial charge in [-0.05, 0) is 31.9 Å². The average molecular weight is 413 g/mol. The maximum Gasteiger partial charge on any atom is 0.256 e. The van der Waals surface area contributed by atoms with Crippen LogP contribution in [0.25, 0.3) is 0 Å². The van der Waals surface area contributed by atoms with Gasteiger partial charge in [0.15, 0.2) is 0 Å². The lowest BCUT2D eigenvalue weighted by molar-refractivity contribution is 0.0699. The zero-order valence-corrected chi connectivity index (χ0v) is 16.7. The van der Waals surface area contributed by atoms with E-state index in [2.05, 4.69) is 0 Å². The Kier molecular flexibility index (Phi) is 6.06. The van der Waals surface area contributed by atoms with Crippen LogP contribution in [0.5, 0.6) is 0 Å². The second kappa shape index (κ2) is 8.15. The molecule has 1 saturated heterocycles. The van der Waals surface area contributed by atoms with Crippen molar-refractivity contribution in [2.45, 2.75) is 45.1 Å². The van der Waals surface area contributed by atoms with Gasteiger partial charge in [0.25, 0.3) is 5.91 Å². The van der Waals surface area contributed by atoms with Gasteiger partial charge in [-0.25, -0.2) is 4.39 Å². The molecule has 1 saturated carbocycles. The maximum absolute atomic E-state index is 13.5. The predicted molar refractivity (Wildman–Crippen MR) is 106 cm³/mol. The van der Waals surface area contributed by atoms with E-state index < -0.39 is 11.9 Å². The number of amides is 1. The first-order valence-electron chi connectivity index (χ1n) is 9.21. The summed E-state index contributed by atoms with van der Waals surface area (Å²) in [6.45, 7) is 2.53. The molecule has 27 heavy (non-hydrogen) atoms. The smallest absolute Gasteiger partial charge is 0.256 e. The number of amidine groups is 2. The van der Waals surface area contributed by atoms with E-state index >= 15 is 0 Å². The first-order valence-corrected chi connectivity index (χ1v) is 9.97. The van der Waals surface area contributed by atoms with Crippen LogP contribution < -0.4 is 0 Å². The summed E-state index contributed by atoms with van der Waals surface area (Å²) in [6.07, 6.45) is 5.43. The van der Waals surface area contributed by atoms with E-state index in [0.717, 1.165) is 31.7 Å². The van der Waals surface area contributed by atoms with Crippen molar-refractivity contribution in [3.05, 3.63) is 33.6 Å². The molecular weight excluding hydrogens is 390 g/mol. The molecule has 1 aliphatic carbocycles. The molecular formula is C19H23Cl2FN4O. The second-order valence-electron chi connectivity index (χ2n) is 7.15. The molecule has 3 rings (SSSR count). The molecule has 8 heteroatoms. The monoisotopic (exact) mass is 412 g/mol. The van der Waals surface area contributed by atoms with E-state index in [4.69, 9.17) is 34.0 Å². The number of carbonyl (C=O) groups excluding carboxylic acids is 1. The van der Waals surface area contributed by atoms with Crippen LogP contribution in [0.15, 0.2) is 12.1 Å². The Labute approximate surface area is 168 Å². The van der Waals surface area contributed by atoms with Crippen LogP contribution in [0.1, 0.15) is 49.4 Å². The summed E-state index contributed by atoms with van der Waals surface area (Å²) in [7, 11) is 0. The van der Waals surface area contributed by atoms with E-state index in [1.54, 1.807) is 11.8 Å². The van der Waals surface area contributed by atoms with Gasteiger partial charge in [0.1, 0.15) is 17.5 Å². The molecule has 2 fully saturated rings. The molecule has 1 heterocycles. The predicted octanol–water partition coefficient (Wildman–Crippen LogP) is 4.81. The summed E-state index contributed by atoms with van der Waals surface area (Å²) in [6, 6.07) is 1.93. The zero-order chi connectivity index (χ0) is 19.7. The van der Waals surface area contributed by atoms with Crippen LogP contribution in [0.4, 0.5) is 4.39 Å². The Hall–Kier alpha value is -1.66. The highest BCUT2D eigenvalue weighted by molar-refractivity contribution is 6.44.